The Bertz CT molecular complexity index is 2210. The summed E-state index contributed by atoms with van der Waals surface area (Å²) in [4.78, 5) is 0. The van der Waals surface area contributed by atoms with Crippen LogP contribution in [0.1, 0.15) is 76.8 Å². The molecule has 1 aliphatic rings. The molecule has 0 amide bonds. The zero-order valence-corrected chi connectivity index (χ0v) is 46.3. The van der Waals surface area contributed by atoms with Crippen molar-refractivity contribution >= 4 is 48.5 Å². The van der Waals surface area contributed by atoms with Gasteiger partial charge < -0.3 is 41.6 Å². The normalized spacial score (nSPS) is 14.4. The molecule has 0 unspecified atom stereocenters. The highest BCUT2D eigenvalue weighted by Gasteiger charge is 2.69. The molecule has 4 aromatic carbocycles. The second kappa shape index (κ2) is 19.8. The number of ether oxygens (including phenoxy) is 2. The van der Waals surface area contributed by atoms with E-state index in [2.05, 4.69) is 0 Å². The summed E-state index contributed by atoms with van der Waals surface area (Å²) in [5, 5.41) is 35.4. The van der Waals surface area contributed by atoms with Crippen molar-refractivity contribution in [1.29, 1.82) is 0 Å². The monoisotopic (exact) mass is 986 g/mol. The van der Waals surface area contributed by atoms with Gasteiger partial charge in [0.25, 0.3) is 5.08 Å². The molecule has 0 radical (unpaired) electrons. The van der Waals surface area contributed by atoms with E-state index < -0.39 is 53.5 Å². The van der Waals surface area contributed by atoms with E-state index >= 15 is 9.13 Å². The largest absolute Gasteiger partial charge is 0.507 e. The maximum Gasteiger partial charge on any atom is 0.360 e. The minimum absolute atomic E-state index is 0.0705. The van der Waals surface area contributed by atoms with Crippen LogP contribution in [0.3, 0.4) is 0 Å². The lowest BCUT2D eigenvalue weighted by Gasteiger charge is -2.46. The van der Waals surface area contributed by atoms with Crippen LogP contribution in [0, 0.1) is 0 Å². The molecular weight excluding hydrogens is 915 g/mol. The summed E-state index contributed by atoms with van der Waals surface area (Å²) in [6.45, 7) is 26.9. The van der Waals surface area contributed by atoms with Gasteiger partial charge in [-0.25, -0.2) is 0 Å². The van der Waals surface area contributed by atoms with Crippen LogP contribution in [0.25, 0.3) is 0 Å². The van der Waals surface area contributed by atoms with Crippen LogP contribution >= 0.6 is 15.2 Å². The molecule has 0 fully saturated rings. The molecule has 64 heavy (non-hydrogen) atoms. The lowest BCUT2D eigenvalue weighted by Crippen LogP contribution is -2.42. The molecule has 352 valence electrons. The Kier molecular flexibility index (Phi) is 16.2. The van der Waals surface area contributed by atoms with E-state index in [0.717, 1.165) is 46.2 Å². The molecule has 3 N–H and O–H groups in total. The standard InChI is InChI=1S/C47H72O11P2Si4/c1-15-26-53-45-36-22-18-24-38(45)30-40-32-42(47(50,59(51,55-61(3,4)5)56-62(6,7)8)60(52,57-63(9,10)11)58-64(12,13)14)33-41(44(40)49)31-39-25-19-23-37(46(39)54-27-16-2)29-35-21-17-20-34(28-36)43(35)48/h17-25,32-33,48-50H,15-16,26-31H2,1-14H3. The Morgan fingerprint density at radius 2 is 0.750 bits per heavy atom. The van der Waals surface area contributed by atoms with Crippen LogP contribution in [-0.4, -0.2) is 61.8 Å². The van der Waals surface area contributed by atoms with Crippen molar-refractivity contribution in [2.45, 2.75) is 136 Å². The summed E-state index contributed by atoms with van der Waals surface area (Å²) in [5.41, 5.74) is 5.19. The first-order valence-corrected chi connectivity index (χ1v) is 39.1. The van der Waals surface area contributed by atoms with E-state index in [1.165, 1.54) is 0 Å². The molecule has 5 rings (SSSR count). The summed E-state index contributed by atoms with van der Waals surface area (Å²) in [7, 11) is -21.6. The third kappa shape index (κ3) is 12.4. The van der Waals surface area contributed by atoms with Crippen LogP contribution in [0.15, 0.2) is 66.7 Å². The van der Waals surface area contributed by atoms with Crippen molar-refractivity contribution in [3.05, 3.63) is 117 Å². The lowest BCUT2D eigenvalue weighted by atomic mass is 9.90. The van der Waals surface area contributed by atoms with Gasteiger partial charge in [0.2, 0.25) is 0 Å². The number of aliphatic hydroxyl groups is 1. The minimum atomic E-state index is -4.97. The van der Waals surface area contributed by atoms with Gasteiger partial charge in [-0.05, 0) is 148 Å². The average Bonchev–Trinajstić information content (AvgIpc) is 3.13. The van der Waals surface area contributed by atoms with Crippen LogP contribution in [0.2, 0.25) is 78.6 Å². The molecule has 17 heteroatoms. The third-order valence-electron chi connectivity index (χ3n) is 9.98. The van der Waals surface area contributed by atoms with E-state index in [0.29, 0.717) is 48.7 Å². The first kappa shape index (κ1) is 52.2. The van der Waals surface area contributed by atoms with Crippen molar-refractivity contribution in [2.24, 2.45) is 0 Å². The number of phenolic OH excluding ortho intramolecular Hbond substituents is 2. The molecule has 0 saturated carbocycles. The van der Waals surface area contributed by atoms with E-state index in [1.54, 1.807) is 12.1 Å². The third-order valence-corrected chi connectivity index (χ3v) is 26.1. The molecule has 0 spiro atoms. The average molecular weight is 987 g/mol. The van der Waals surface area contributed by atoms with Gasteiger partial charge in [0.1, 0.15) is 23.0 Å². The highest BCUT2D eigenvalue weighted by Crippen LogP contribution is 2.83. The fraction of sp³-hybridized carbons (Fsp3) is 0.489. The zero-order valence-electron chi connectivity index (χ0n) is 40.5. The topological polar surface area (TPSA) is 150 Å². The van der Waals surface area contributed by atoms with E-state index in [1.807, 2.05) is 147 Å². The number of phenols is 2. The molecule has 4 aromatic rings. The molecular formula is C47H72O11P2Si4. The summed E-state index contributed by atoms with van der Waals surface area (Å²) in [6.07, 6.45) is 2.36. The molecule has 0 heterocycles. The van der Waals surface area contributed by atoms with Crippen LogP contribution in [-0.2, 0) is 56.7 Å². The Hall–Kier alpha value is -2.79. The summed E-state index contributed by atoms with van der Waals surface area (Å²) < 4.78 is 72.1. The SMILES string of the molecule is CCCOc1c2cccc1Cc1cc(C(O)(P(=O)(O[Si](C)(C)C)O[Si](C)(C)C)P(=O)(O[Si](C)(C)C)O[Si](C)(C)C)cc(c1O)Cc1cccc(c1OCCC)Cc1cccc(c1O)C2. The van der Waals surface area contributed by atoms with Gasteiger partial charge in [-0.1, -0.05) is 68.4 Å². The van der Waals surface area contributed by atoms with Gasteiger partial charge in [-0.15, -0.1) is 0 Å². The van der Waals surface area contributed by atoms with Gasteiger partial charge in [0, 0.05) is 31.2 Å². The first-order chi connectivity index (χ1) is 29.5. The second-order valence-electron chi connectivity index (χ2n) is 20.7. The number of para-hydroxylation sites is 3. The van der Waals surface area contributed by atoms with Gasteiger partial charge in [-0.2, -0.15) is 0 Å². The number of aromatic hydroxyl groups is 2. The Morgan fingerprint density at radius 3 is 1.03 bits per heavy atom. The number of benzene rings is 4. The van der Waals surface area contributed by atoms with Crippen molar-refractivity contribution in [3.8, 4) is 23.0 Å². The molecule has 0 saturated heterocycles. The minimum Gasteiger partial charge on any atom is -0.507 e. The Balaban J connectivity index is 1.98. The summed E-state index contributed by atoms with van der Waals surface area (Å²) in [6, 6.07) is 20.5. The van der Waals surface area contributed by atoms with E-state index in [9.17, 15) is 15.3 Å². The Morgan fingerprint density at radius 1 is 0.484 bits per heavy atom. The maximum atomic E-state index is 16.3. The summed E-state index contributed by atoms with van der Waals surface area (Å²) in [5.74, 6) is 1.34. The van der Waals surface area contributed by atoms with Gasteiger partial charge in [0.15, 0.2) is 33.3 Å². The van der Waals surface area contributed by atoms with Gasteiger partial charge in [-0.3, -0.25) is 9.13 Å². The molecule has 0 aliphatic heterocycles. The predicted octanol–water partition coefficient (Wildman–Crippen LogP) is 13.2. The van der Waals surface area contributed by atoms with Crippen LogP contribution < -0.4 is 9.47 Å². The van der Waals surface area contributed by atoms with Crippen LogP contribution in [0.5, 0.6) is 23.0 Å². The number of hydrogen-bond donors (Lipinski definition) is 3. The van der Waals surface area contributed by atoms with Crippen molar-refractivity contribution in [2.75, 3.05) is 13.2 Å². The van der Waals surface area contributed by atoms with E-state index in [4.69, 9.17) is 26.3 Å². The van der Waals surface area contributed by atoms with Crippen LogP contribution in [0.4, 0.5) is 0 Å². The molecule has 0 aromatic heterocycles. The fourth-order valence-electron chi connectivity index (χ4n) is 7.79. The zero-order chi connectivity index (χ0) is 47.7. The van der Waals surface area contributed by atoms with Crippen molar-refractivity contribution in [3.63, 3.8) is 0 Å². The maximum absolute atomic E-state index is 16.3. The highest BCUT2D eigenvalue weighted by atomic mass is 31.2. The quantitative estimate of drug-likeness (QED) is 0.0603. The number of hydrogen-bond acceptors (Lipinski definition) is 11. The Labute approximate surface area is 386 Å². The molecule has 0 atom stereocenters. The lowest BCUT2D eigenvalue weighted by molar-refractivity contribution is 0.137. The summed E-state index contributed by atoms with van der Waals surface area (Å²) >= 11 is 0. The predicted molar refractivity (Wildman–Crippen MR) is 269 cm³/mol. The fourth-order valence-corrected chi connectivity index (χ4v) is 25.9. The molecule has 1 aliphatic carbocycles. The van der Waals surface area contributed by atoms with Gasteiger partial charge in [0.05, 0.1) is 13.2 Å². The molecule has 11 nitrogen and oxygen atoms in total. The highest BCUT2D eigenvalue weighted by molar-refractivity contribution is 7.75. The van der Waals surface area contributed by atoms with Crippen molar-refractivity contribution in [1.82, 2.24) is 0 Å². The van der Waals surface area contributed by atoms with E-state index in [-0.39, 0.29) is 29.9 Å². The van der Waals surface area contributed by atoms with Crippen molar-refractivity contribution < 1.29 is 50.8 Å². The number of rotatable bonds is 17. The first-order valence-electron chi connectivity index (χ1n) is 22.4. The van der Waals surface area contributed by atoms with Gasteiger partial charge >= 0.3 is 15.2 Å². The second-order valence-corrected chi connectivity index (χ2v) is 44.2. The number of fused-ring (bicyclic) bond motifs is 8. The smallest absolute Gasteiger partial charge is 0.360 e. The molecule has 8 bridgehead atoms.